The summed E-state index contributed by atoms with van der Waals surface area (Å²) in [6, 6.07) is 1.88. The first-order chi connectivity index (χ1) is 9.85. The molecule has 2 N–H and O–H groups in total. The lowest BCUT2D eigenvalue weighted by molar-refractivity contribution is -0.158. The summed E-state index contributed by atoms with van der Waals surface area (Å²) in [5.74, 6) is -2.72. The predicted molar refractivity (Wildman–Crippen MR) is 70.6 cm³/mol. The van der Waals surface area contributed by atoms with E-state index in [4.69, 9.17) is 0 Å². The number of anilines is 1. The minimum Gasteiger partial charge on any atom is -0.467 e. The lowest BCUT2D eigenvalue weighted by Crippen LogP contribution is -2.43. The van der Waals surface area contributed by atoms with Crippen LogP contribution in [0.2, 0.25) is 0 Å². The number of hydrogen-bond donors (Lipinski definition) is 2. The second kappa shape index (κ2) is 5.57. The minimum atomic E-state index is -1.79. The number of nitrogens with one attached hydrogen (secondary N) is 1. The van der Waals surface area contributed by atoms with Crippen LogP contribution in [0.15, 0.2) is 18.5 Å². The number of carbonyl (C=O) groups excluding carboxylic acids is 1. The Labute approximate surface area is 118 Å². The zero-order valence-corrected chi connectivity index (χ0v) is 11.4. The second-order valence-electron chi connectivity index (χ2n) is 4.62. The van der Waals surface area contributed by atoms with Gasteiger partial charge in [0.2, 0.25) is 0 Å². The van der Waals surface area contributed by atoms with Crippen molar-refractivity contribution in [3.63, 3.8) is 0 Å². The molecule has 2 aromatic rings. The number of benzene rings is 1. The molecule has 1 atom stereocenters. The van der Waals surface area contributed by atoms with Crippen LogP contribution < -0.4 is 5.32 Å². The van der Waals surface area contributed by atoms with E-state index >= 15 is 0 Å². The maximum absolute atomic E-state index is 13.3. The summed E-state index contributed by atoms with van der Waals surface area (Å²) < 4.78 is 30.9. The number of halogens is 2. The Hall–Kier alpha value is -2.35. The monoisotopic (exact) mass is 297 g/mol. The third kappa shape index (κ3) is 3.05. The third-order valence-corrected chi connectivity index (χ3v) is 2.90. The van der Waals surface area contributed by atoms with Crippen LogP contribution in [0.4, 0.5) is 14.6 Å². The summed E-state index contributed by atoms with van der Waals surface area (Å²) in [4.78, 5) is 19.1. The maximum Gasteiger partial charge on any atom is 0.339 e. The quantitative estimate of drug-likeness (QED) is 0.826. The molecule has 0 saturated carbocycles. The summed E-state index contributed by atoms with van der Waals surface area (Å²) in [5.41, 5.74) is -1.59. The molecule has 0 aliphatic rings. The van der Waals surface area contributed by atoms with Crippen molar-refractivity contribution in [2.75, 3.05) is 19.0 Å². The Kier molecular flexibility index (Phi) is 3.99. The zero-order chi connectivity index (χ0) is 15.6. The number of carbonyl (C=O) groups is 1. The van der Waals surface area contributed by atoms with E-state index in [1.54, 1.807) is 0 Å². The fourth-order valence-corrected chi connectivity index (χ4v) is 1.74. The van der Waals surface area contributed by atoms with Gasteiger partial charge in [-0.15, -0.1) is 0 Å². The summed E-state index contributed by atoms with van der Waals surface area (Å²) in [5, 5.41) is 12.8. The molecule has 0 aliphatic heterocycles. The molecule has 0 saturated heterocycles. The number of aromatic nitrogens is 2. The first-order valence-electron chi connectivity index (χ1n) is 5.99. The highest BCUT2D eigenvalue weighted by atomic mass is 19.2. The van der Waals surface area contributed by atoms with Gasteiger partial charge in [-0.2, -0.15) is 0 Å². The molecule has 8 heteroatoms. The zero-order valence-electron chi connectivity index (χ0n) is 11.4. The van der Waals surface area contributed by atoms with Gasteiger partial charge in [0, 0.05) is 11.5 Å². The van der Waals surface area contributed by atoms with Crippen LogP contribution in [-0.2, 0) is 9.53 Å². The Morgan fingerprint density at radius 1 is 1.38 bits per heavy atom. The molecule has 1 heterocycles. The molecule has 1 aromatic heterocycles. The third-order valence-electron chi connectivity index (χ3n) is 2.90. The van der Waals surface area contributed by atoms with Crippen LogP contribution in [0.3, 0.4) is 0 Å². The lowest BCUT2D eigenvalue weighted by atomic mass is 10.1. The maximum atomic E-state index is 13.3. The van der Waals surface area contributed by atoms with Crippen LogP contribution in [0.1, 0.15) is 6.92 Å². The molecule has 21 heavy (non-hydrogen) atoms. The first kappa shape index (κ1) is 15.0. The van der Waals surface area contributed by atoms with Crippen LogP contribution in [0.5, 0.6) is 0 Å². The number of fused-ring (bicyclic) bond motifs is 1. The van der Waals surface area contributed by atoms with Gasteiger partial charge < -0.3 is 15.2 Å². The molecule has 0 spiro atoms. The Morgan fingerprint density at radius 3 is 2.71 bits per heavy atom. The predicted octanol–water partition coefficient (Wildman–Crippen LogP) is 1.24. The van der Waals surface area contributed by atoms with Crippen LogP contribution in [0.25, 0.3) is 10.9 Å². The molecular formula is C13H13F2N3O3. The van der Waals surface area contributed by atoms with E-state index < -0.39 is 23.2 Å². The normalized spacial score (nSPS) is 13.8. The number of hydrogen-bond acceptors (Lipinski definition) is 6. The number of nitrogens with zero attached hydrogens (tertiary/aromatic N) is 2. The fourth-order valence-electron chi connectivity index (χ4n) is 1.74. The highest BCUT2D eigenvalue weighted by Gasteiger charge is 2.31. The van der Waals surface area contributed by atoms with Gasteiger partial charge in [-0.25, -0.2) is 23.5 Å². The van der Waals surface area contributed by atoms with Crippen LogP contribution in [0, 0.1) is 11.6 Å². The van der Waals surface area contributed by atoms with E-state index in [1.807, 2.05) is 0 Å². The van der Waals surface area contributed by atoms with Crippen molar-refractivity contribution in [1.82, 2.24) is 9.97 Å². The number of methoxy groups -OCH3 is 1. The van der Waals surface area contributed by atoms with Crippen LogP contribution in [-0.4, -0.2) is 40.3 Å². The largest absolute Gasteiger partial charge is 0.467 e. The highest BCUT2D eigenvalue weighted by molar-refractivity contribution is 5.89. The van der Waals surface area contributed by atoms with Gasteiger partial charge in [-0.3, -0.25) is 0 Å². The van der Waals surface area contributed by atoms with Crippen molar-refractivity contribution in [2.24, 2.45) is 0 Å². The topological polar surface area (TPSA) is 84.3 Å². The van der Waals surface area contributed by atoms with Crippen molar-refractivity contribution < 1.29 is 23.4 Å². The van der Waals surface area contributed by atoms with Crippen molar-refractivity contribution in [1.29, 1.82) is 0 Å². The molecule has 0 radical (unpaired) electrons. The van der Waals surface area contributed by atoms with Crippen molar-refractivity contribution in [2.45, 2.75) is 12.5 Å². The highest BCUT2D eigenvalue weighted by Crippen LogP contribution is 2.22. The van der Waals surface area contributed by atoms with E-state index in [9.17, 15) is 18.7 Å². The number of aliphatic hydroxyl groups is 1. The average Bonchev–Trinajstić information content (AvgIpc) is 2.45. The molecule has 6 nitrogen and oxygen atoms in total. The molecule has 0 aliphatic carbocycles. The summed E-state index contributed by atoms with van der Waals surface area (Å²) >= 11 is 0. The van der Waals surface area contributed by atoms with E-state index in [-0.39, 0.29) is 23.3 Å². The average molecular weight is 297 g/mol. The fraction of sp³-hybridized carbons (Fsp3) is 0.308. The summed E-state index contributed by atoms with van der Waals surface area (Å²) in [7, 11) is 1.15. The molecule has 0 unspecified atom stereocenters. The van der Waals surface area contributed by atoms with Gasteiger partial charge in [-0.05, 0) is 13.0 Å². The molecule has 0 amide bonds. The minimum absolute atomic E-state index is 0.170. The van der Waals surface area contributed by atoms with Gasteiger partial charge in [0.1, 0.15) is 12.1 Å². The SMILES string of the molecule is COC(=O)[C@](C)(O)CNc1ncnc2cc(F)c(F)cc12. The van der Waals surface area contributed by atoms with Crippen molar-refractivity contribution in [3.05, 3.63) is 30.1 Å². The van der Waals surface area contributed by atoms with E-state index in [0.29, 0.717) is 0 Å². The van der Waals surface area contributed by atoms with Gasteiger partial charge >= 0.3 is 5.97 Å². The molecule has 0 fully saturated rings. The van der Waals surface area contributed by atoms with E-state index in [0.717, 1.165) is 25.6 Å². The second-order valence-corrected chi connectivity index (χ2v) is 4.62. The van der Waals surface area contributed by atoms with Gasteiger partial charge in [0.05, 0.1) is 19.2 Å². The van der Waals surface area contributed by atoms with Gasteiger partial charge in [0.15, 0.2) is 17.2 Å². The first-order valence-corrected chi connectivity index (χ1v) is 5.99. The molecule has 0 bridgehead atoms. The van der Waals surface area contributed by atoms with E-state index in [1.165, 1.54) is 6.92 Å². The van der Waals surface area contributed by atoms with Crippen molar-refractivity contribution in [3.8, 4) is 0 Å². The lowest BCUT2D eigenvalue weighted by Gasteiger charge is -2.21. The molecule has 2 rings (SSSR count). The van der Waals surface area contributed by atoms with Gasteiger partial charge in [-0.1, -0.05) is 0 Å². The Bertz CT molecular complexity index is 692. The molecule has 112 valence electrons. The number of rotatable bonds is 4. The van der Waals surface area contributed by atoms with Crippen LogP contribution >= 0.6 is 0 Å². The molecular weight excluding hydrogens is 284 g/mol. The van der Waals surface area contributed by atoms with E-state index in [2.05, 4.69) is 20.0 Å². The smallest absolute Gasteiger partial charge is 0.339 e. The number of ether oxygens (including phenoxy) is 1. The van der Waals surface area contributed by atoms with Crippen molar-refractivity contribution >= 4 is 22.7 Å². The molecule has 1 aromatic carbocycles. The Morgan fingerprint density at radius 2 is 2.05 bits per heavy atom. The van der Waals surface area contributed by atoms with Gasteiger partial charge in [0.25, 0.3) is 0 Å². The standard InChI is InChI=1S/C13H13F2N3O3/c1-13(20,12(19)21-2)5-16-11-7-3-8(14)9(15)4-10(7)17-6-18-11/h3-4,6,20H,5H2,1-2H3,(H,16,17,18)/t13-/m1/s1. The Balaban J connectivity index is 2.31. The summed E-state index contributed by atoms with van der Waals surface area (Å²) in [6.45, 7) is 1.04. The number of esters is 1. The summed E-state index contributed by atoms with van der Waals surface area (Å²) in [6.07, 6.45) is 1.16.